The number of rotatable bonds is 7. The molecule has 1 aliphatic rings. The van der Waals surface area contributed by atoms with Crippen LogP contribution in [0.15, 0.2) is 0 Å². The van der Waals surface area contributed by atoms with Crippen molar-refractivity contribution in [1.29, 1.82) is 0 Å². The van der Waals surface area contributed by atoms with Crippen LogP contribution in [-0.4, -0.2) is 24.7 Å². The summed E-state index contributed by atoms with van der Waals surface area (Å²) in [5.41, 5.74) is 1.36. The minimum absolute atomic E-state index is 0.534. The van der Waals surface area contributed by atoms with Crippen molar-refractivity contribution in [3.8, 4) is 0 Å². The highest BCUT2D eigenvalue weighted by Crippen LogP contribution is 2.42. The van der Waals surface area contributed by atoms with Gasteiger partial charge in [-0.1, -0.05) is 13.8 Å². The fraction of sp³-hybridized carbons (Fsp3) is 0.769. The molecule has 0 amide bonds. The van der Waals surface area contributed by atoms with Crippen molar-refractivity contribution in [1.82, 2.24) is 10.3 Å². The van der Waals surface area contributed by atoms with Crippen molar-refractivity contribution < 1.29 is 4.74 Å². The highest BCUT2D eigenvalue weighted by atomic mass is 32.1. The molecule has 3 nitrogen and oxygen atoms in total. The molecule has 0 spiro atoms. The highest BCUT2D eigenvalue weighted by Gasteiger charge is 2.29. The molecule has 4 heteroatoms. The molecule has 96 valence electrons. The van der Waals surface area contributed by atoms with Gasteiger partial charge in [0, 0.05) is 36.9 Å². The first kappa shape index (κ1) is 13.0. The lowest BCUT2D eigenvalue weighted by atomic mass is 10.2. The lowest BCUT2D eigenvalue weighted by Gasteiger charge is -2.07. The Bertz CT molecular complexity index is 358. The second kappa shape index (κ2) is 5.94. The molecule has 0 saturated heterocycles. The number of nitrogens with zero attached hydrogens (tertiary/aromatic N) is 1. The third kappa shape index (κ3) is 3.76. The van der Waals surface area contributed by atoms with E-state index in [4.69, 9.17) is 9.72 Å². The van der Waals surface area contributed by atoms with Gasteiger partial charge in [0.1, 0.15) is 0 Å². The fourth-order valence-corrected chi connectivity index (χ4v) is 2.90. The van der Waals surface area contributed by atoms with E-state index >= 15 is 0 Å². The van der Waals surface area contributed by atoms with Gasteiger partial charge in [-0.05, 0) is 12.8 Å². The van der Waals surface area contributed by atoms with Crippen LogP contribution in [0, 0.1) is 0 Å². The van der Waals surface area contributed by atoms with Gasteiger partial charge in [0.05, 0.1) is 17.3 Å². The molecular formula is C13H22N2OS. The van der Waals surface area contributed by atoms with E-state index in [1.807, 2.05) is 11.3 Å². The second-order valence-corrected chi connectivity index (χ2v) is 6.14. The van der Waals surface area contributed by atoms with Crippen LogP contribution in [0.2, 0.25) is 0 Å². The largest absolute Gasteiger partial charge is 0.384 e. The Balaban J connectivity index is 2.02. The summed E-state index contributed by atoms with van der Waals surface area (Å²) in [5, 5.41) is 4.72. The number of aromatic nitrogens is 1. The first-order valence-electron chi connectivity index (χ1n) is 6.41. The van der Waals surface area contributed by atoms with Crippen LogP contribution in [-0.2, 0) is 17.7 Å². The number of thiazole rings is 1. The molecule has 1 N–H and O–H groups in total. The molecule has 0 radical (unpaired) electrons. The van der Waals surface area contributed by atoms with Crippen molar-refractivity contribution in [2.75, 3.05) is 13.7 Å². The second-order valence-electron chi connectivity index (χ2n) is 4.97. The first-order chi connectivity index (χ1) is 8.20. The molecule has 0 atom stereocenters. The predicted molar refractivity (Wildman–Crippen MR) is 71.6 cm³/mol. The minimum Gasteiger partial charge on any atom is -0.384 e. The van der Waals surface area contributed by atoms with Crippen LogP contribution in [0.4, 0.5) is 0 Å². The normalized spacial score (nSPS) is 15.8. The van der Waals surface area contributed by atoms with Gasteiger partial charge in [-0.15, -0.1) is 11.3 Å². The van der Waals surface area contributed by atoms with Gasteiger partial charge >= 0.3 is 0 Å². The molecule has 1 aromatic heterocycles. The summed E-state index contributed by atoms with van der Waals surface area (Å²) in [4.78, 5) is 6.22. The molecule has 17 heavy (non-hydrogen) atoms. The SMILES string of the molecule is COCCc1nc(C2CC2)c(CNC(C)C)s1. The van der Waals surface area contributed by atoms with Crippen molar-refractivity contribution in [2.24, 2.45) is 0 Å². The van der Waals surface area contributed by atoms with E-state index in [1.165, 1.54) is 28.4 Å². The average molecular weight is 254 g/mol. The third-order valence-corrected chi connectivity index (χ3v) is 4.06. The predicted octanol–water partition coefficient (Wildman–Crippen LogP) is 2.71. The summed E-state index contributed by atoms with van der Waals surface area (Å²) >= 11 is 1.86. The van der Waals surface area contributed by atoms with Crippen molar-refractivity contribution in [3.63, 3.8) is 0 Å². The molecular weight excluding hydrogens is 232 g/mol. The van der Waals surface area contributed by atoms with E-state index in [1.54, 1.807) is 7.11 Å². The van der Waals surface area contributed by atoms with Crippen LogP contribution in [0.25, 0.3) is 0 Å². The van der Waals surface area contributed by atoms with Crippen molar-refractivity contribution in [3.05, 3.63) is 15.6 Å². The Kier molecular flexibility index (Phi) is 4.54. The zero-order valence-electron chi connectivity index (χ0n) is 11.0. The zero-order chi connectivity index (χ0) is 12.3. The van der Waals surface area contributed by atoms with Crippen LogP contribution in [0.5, 0.6) is 0 Å². The van der Waals surface area contributed by atoms with Crippen molar-refractivity contribution in [2.45, 2.75) is 51.6 Å². The van der Waals surface area contributed by atoms with E-state index in [0.29, 0.717) is 6.04 Å². The van der Waals surface area contributed by atoms with Gasteiger partial charge in [0.15, 0.2) is 0 Å². The number of nitrogens with one attached hydrogen (secondary N) is 1. The molecule has 1 aromatic rings. The van der Waals surface area contributed by atoms with E-state index in [2.05, 4.69) is 19.2 Å². The fourth-order valence-electron chi connectivity index (χ4n) is 1.81. The third-order valence-electron chi connectivity index (χ3n) is 2.93. The molecule has 1 aliphatic carbocycles. The Labute approximate surface area is 108 Å². The summed E-state index contributed by atoms with van der Waals surface area (Å²) in [6.07, 6.45) is 3.59. The molecule has 0 bridgehead atoms. The highest BCUT2D eigenvalue weighted by molar-refractivity contribution is 7.11. The number of hydrogen-bond donors (Lipinski definition) is 1. The van der Waals surface area contributed by atoms with E-state index in [-0.39, 0.29) is 0 Å². The van der Waals surface area contributed by atoms with E-state index < -0.39 is 0 Å². The standard InChI is InChI=1S/C13H22N2OS/c1-9(2)14-8-11-13(10-4-5-10)15-12(17-11)6-7-16-3/h9-10,14H,4-8H2,1-3H3. The van der Waals surface area contributed by atoms with E-state index in [9.17, 15) is 0 Å². The Morgan fingerprint density at radius 2 is 2.24 bits per heavy atom. The maximum Gasteiger partial charge on any atom is 0.0954 e. The van der Waals surface area contributed by atoms with Gasteiger partial charge in [-0.25, -0.2) is 4.98 Å². The monoisotopic (exact) mass is 254 g/mol. The Hall–Kier alpha value is -0.450. The average Bonchev–Trinajstić information content (AvgIpc) is 3.05. The lowest BCUT2D eigenvalue weighted by molar-refractivity contribution is 0.202. The van der Waals surface area contributed by atoms with Gasteiger partial charge in [0.25, 0.3) is 0 Å². The van der Waals surface area contributed by atoms with Crippen LogP contribution < -0.4 is 5.32 Å². The number of methoxy groups -OCH3 is 1. The number of hydrogen-bond acceptors (Lipinski definition) is 4. The van der Waals surface area contributed by atoms with Crippen molar-refractivity contribution >= 4 is 11.3 Å². The maximum absolute atomic E-state index is 5.12. The Morgan fingerprint density at radius 1 is 1.47 bits per heavy atom. The molecule has 1 saturated carbocycles. The molecule has 1 heterocycles. The summed E-state index contributed by atoms with van der Waals surface area (Å²) in [7, 11) is 1.75. The van der Waals surface area contributed by atoms with Crippen LogP contribution >= 0.6 is 11.3 Å². The molecule has 0 aromatic carbocycles. The lowest BCUT2D eigenvalue weighted by Crippen LogP contribution is -2.21. The van der Waals surface area contributed by atoms with Crippen LogP contribution in [0.1, 0.15) is 48.2 Å². The summed E-state index contributed by atoms with van der Waals surface area (Å²) in [6.45, 7) is 6.11. The Morgan fingerprint density at radius 3 is 2.82 bits per heavy atom. The van der Waals surface area contributed by atoms with Gasteiger partial charge in [-0.3, -0.25) is 0 Å². The molecule has 0 unspecified atom stereocenters. The quantitative estimate of drug-likeness (QED) is 0.812. The number of ether oxygens (including phenoxy) is 1. The summed E-state index contributed by atoms with van der Waals surface area (Å²) in [5.74, 6) is 0.742. The molecule has 1 fully saturated rings. The molecule has 2 rings (SSSR count). The first-order valence-corrected chi connectivity index (χ1v) is 7.23. The smallest absolute Gasteiger partial charge is 0.0954 e. The van der Waals surface area contributed by atoms with E-state index in [0.717, 1.165) is 25.5 Å². The topological polar surface area (TPSA) is 34.1 Å². The maximum atomic E-state index is 5.12. The van der Waals surface area contributed by atoms with Gasteiger partial charge in [0.2, 0.25) is 0 Å². The van der Waals surface area contributed by atoms with Gasteiger partial charge < -0.3 is 10.1 Å². The zero-order valence-corrected chi connectivity index (χ0v) is 11.8. The van der Waals surface area contributed by atoms with Crippen LogP contribution in [0.3, 0.4) is 0 Å². The van der Waals surface area contributed by atoms with Gasteiger partial charge in [-0.2, -0.15) is 0 Å². The minimum atomic E-state index is 0.534. The summed E-state index contributed by atoms with van der Waals surface area (Å²) < 4.78 is 5.12. The molecule has 0 aliphatic heterocycles. The summed E-state index contributed by atoms with van der Waals surface area (Å²) in [6, 6.07) is 0.534.